The second kappa shape index (κ2) is 12.2. The van der Waals surface area contributed by atoms with Gasteiger partial charge in [0.25, 0.3) is 0 Å². The van der Waals surface area contributed by atoms with Crippen molar-refractivity contribution in [2.24, 2.45) is 0 Å². The summed E-state index contributed by atoms with van der Waals surface area (Å²) in [6.45, 7) is 3.38. The third kappa shape index (κ3) is 7.47. The number of nitrogens with zero attached hydrogens (tertiary/aromatic N) is 3. The number of amides is 1. The lowest BCUT2D eigenvalue weighted by atomic mass is 10.1. The molecule has 31 heavy (non-hydrogen) atoms. The van der Waals surface area contributed by atoms with E-state index in [1.165, 1.54) is 5.56 Å². The van der Waals surface area contributed by atoms with E-state index in [1.807, 2.05) is 6.07 Å². The van der Waals surface area contributed by atoms with Crippen molar-refractivity contribution in [3.8, 4) is 0 Å². The highest BCUT2D eigenvalue weighted by molar-refractivity contribution is 5.78. The zero-order chi connectivity index (χ0) is 21.9. The first-order valence-electron chi connectivity index (χ1n) is 11.0. The molecule has 168 valence electrons. The maximum atomic E-state index is 12.7. The van der Waals surface area contributed by atoms with Crippen LogP contribution in [-0.4, -0.2) is 59.4 Å². The van der Waals surface area contributed by atoms with Crippen LogP contribution >= 0.6 is 0 Å². The van der Waals surface area contributed by atoms with Crippen LogP contribution in [0.15, 0.2) is 34.7 Å². The summed E-state index contributed by atoms with van der Waals surface area (Å²) in [5, 5.41) is 8.18. The number of benzene rings is 1. The van der Waals surface area contributed by atoms with Gasteiger partial charge in [0.15, 0.2) is 0 Å². The Labute approximate surface area is 182 Å². The number of aromatic nitrogens is 2. The van der Waals surface area contributed by atoms with E-state index in [-0.39, 0.29) is 30.8 Å². The van der Waals surface area contributed by atoms with Gasteiger partial charge in [-0.25, -0.2) is 0 Å². The van der Waals surface area contributed by atoms with E-state index in [4.69, 9.17) is 13.9 Å². The van der Waals surface area contributed by atoms with E-state index in [1.54, 1.807) is 11.8 Å². The van der Waals surface area contributed by atoms with Crippen LogP contribution in [0.3, 0.4) is 0 Å². The molecule has 1 aliphatic heterocycles. The summed E-state index contributed by atoms with van der Waals surface area (Å²) in [5.41, 5.74) is 1.33. The van der Waals surface area contributed by atoms with Gasteiger partial charge in [-0.3, -0.25) is 9.59 Å². The Balaban J connectivity index is 1.40. The van der Waals surface area contributed by atoms with Gasteiger partial charge in [-0.15, -0.1) is 10.2 Å². The van der Waals surface area contributed by atoms with Crippen LogP contribution in [0.25, 0.3) is 0 Å². The van der Waals surface area contributed by atoms with Crippen molar-refractivity contribution in [1.82, 2.24) is 15.1 Å². The van der Waals surface area contributed by atoms with Crippen LogP contribution in [0, 0.1) is 0 Å². The molecule has 0 spiro atoms. The number of esters is 1. The zero-order valence-electron chi connectivity index (χ0n) is 18.1. The highest BCUT2D eigenvalue weighted by Crippen LogP contribution is 2.15. The van der Waals surface area contributed by atoms with E-state index in [0.29, 0.717) is 44.6 Å². The summed E-state index contributed by atoms with van der Waals surface area (Å²) in [7, 11) is 0. The molecular formula is C23H31N3O5. The Hall–Kier alpha value is -2.74. The third-order valence-electron chi connectivity index (χ3n) is 5.27. The number of carbonyl (C=O) groups excluding carboxylic acids is 2. The summed E-state index contributed by atoms with van der Waals surface area (Å²) < 4.78 is 16.1. The standard InChI is InChI=1S/C23H31N3O5/c1-2-30-23(28)16-19-17-29-15-14-26(19)22(27)13-12-21-25-24-20(31-21)11-7-6-10-18-8-4-3-5-9-18/h3-5,8-9,19H,2,6-7,10-17H2,1H3/t19-/m0/s1. The smallest absolute Gasteiger partial charge is 0.307 e. The molecule has 0 saturated carbocycles. The van der Waals surface area contributed by atoms with Crippen molar-refractivity contribution in [2.45, 2.75) is 57.9 Å². The quantitative estimate of drug-likeness (QED) is 0.400. The molecule has 1 aromatic carbocycles. The lowest BCUT2D eigenvalue weighted by Crippen LogP contribution is -2.49. The highest BCUT2D eigenvalue weighted by Gasteiger charge is 2.29. The zero-order valence-corrected chi connectivity index (χ0v) is 18.1. The molecule has 0 aliphatic carbocycles. The van der Waals surface area contributed by atoms with Crippen molar-refractivity contribution < 1.29 is 23.5 Å². The second-order valence-electron chi connectivity index (χ2n) is 7.61. The minimum absolute atomic E-state index is 0.0415. The number of hydrogen-bond donors (Lipinski definition) is 0. The number of hydrogen-bond acceptors (Lipinski definition) is 7. The predicted molar refractivity (Wildman–Crippen MR) is 113 cm³/mol. The van der Waals surface area contributed by atoms with Crippen molar-refractivity contribution in [3.05, 3.63) is 47.7 Å². The average Bonchev–Trinajstić information content (AvgIpc) is 3.24. The second-order valence-corrected chi connectivity index (χ2v) is 7.61. The normalized spacial score (nSPS) is 16.3. The first-order chi connectivity index (χ1) is 15.2. The molecule has 3 rings (SSSR count). The Morgan fingerprint density at radius 2 is 1.84 bits per heavy atom. The minimum Gasteiger partial charge on any atom is -0.466 e. The molecule has 1 atom stereocenters. The minimum atomic E-state index is -0.315. The molecule has 1 aliphatic rings. The Morgan fingerprint density at radius 3 is 2.61 bits per heavy atom. The summed E-state index contributed by atoms with van der Waals surface area (Å²) in [5.74, 6) is 0.730. The summed E-state index contributed by atoms with van der Waals surface area (Å²) in [6.07, 6.45) is 4.58. The van der Waals surface area contributed by atoms with Crippen molar-refractivity contribution in [2.75, 3.05) is 26.4 Å². The van der Waals surface area contributed by atoms with Gasteiger partial charge in [0.1, 0.15) is 0 Å². The number of unbranched alkanes of at least 4 members (excludes halogenated alkanes) is 1. The molecule has 1 fully saturated rings. The molecule has 1 aromatic heterocycles. The molecule has 0 N–H and O–H groups in total. The van der Waals surface area contributed by atoms with Crippen LogP contribution in [-0.2, 0) is 38.3 Å². The van der Waals surface area contributed by atoms with Crippen LogP contribution in [0.1, 0.15) is 50.0 Å². The van der Waals surface area contributed by atoms with E-state index < -0.39 is 0 Å². The lowest BCUT2D eigenvalue weighted by Gasteiger charge is -2.35. The van der Waals surface area contributed by atoms with Gasteiger partial charge in [0.05, 0.1) is 32.3 Å². The van der Waals surface area contributed by atoms with Gasteiger partial charge in [0.2, 0.25) is 17.7 Å². The van der Waals surface area contributed by atoms with Crippen molar-refractivity contribution in [3.63, 3.8) is 0 Å². The molecule has 0 radical (unpaired) electrons. The van der Waals surface area contributed by atoms with E-state index in [9.17, 15) is 9.59 Å². The van der Waals surface area contributed by atoms with Crippen LogP contribution in [0.5, 0.6) is 0 Å². The Bertz CT molecular complexity index is 824. The molecule has 8 nitrogen and oxygen atoms in total. The van der Waals surface area contributed by atoms with Crippen LogP contribution in [0.4, 0.5) is 0 Å². The van der Waals surface area contributed by atoms with E-state index >= 15 is 0 Å². The fraction of sp³-hybridized carbons (Fsp3) is 0.565. The Morgan fingerprint density at radius 1 is 1.10 bits per heavy atom. The average molecular weight is 430 g/mol. The maximum Gasteiger partial charge on any atom is 0.307 e. The first-order valence-corrected chi connectivity index (χ1v) is 11.0. The summed E-state index contributed by atoms with van der Waals surface area (Å²) in [6, 6.07) is 10.1. The number of ether oxygens (including phenoxy) is 2. The molecule has 0 unspecified atom stereocenters. The van der Waals surface area contributed by atoms with Gasteiger partial charge >= 0.3 is 5.97 Å². The van der Waals surface area contributed by atoms with Crippen LogP contribution in [0.2, 0.25) is 0 Å². The van der Waals surface area contributed by atoms with E-state index in [2.05, 4.69) is 34.5 Å². The summed E-state index contributed by atoms with van der Waals surface area (Å²) >= 11 is 0. The SMILES string of the molecule is CCOC(=O)C[C@H]1COCCN1C(=O)CCc1nnc(CCCCc2ccccc2)o1. The summed E-state index contributed by atoms with van der Waals surface area (Å²) in [4.78, 5) is 26.2. The topological polar surface area (TPSA) is 94.8 Å². The molecule has 2 heterocycles. The fourth-order valence-corrected chi connectivity index (χ4v) is 3.66. The van der Waals surface area contributed by atoms with E-state index in [0.717, 1.165) is 25.7 Å². The third-order valence-corrected chi connectivity index (χ3v) is 5.27. The van der Waals surface area contributed by atoms with Gasteiger partial charge in [-0.1, -0.05) is 30.3 Å². The number of carbonyl (C=O) groups is 2. The van der Waals surface area contributed by atoms with Gasteiger partial charge in [0, 0.05) is 25.8 Å². The molecule has 8 heteroatoms. The largest absolute Gasteiger partial charge is 0.466 e. The van der Waals surface area contributed by atoms with Gasteiger partial charge < -0.3 is 18.8 Å². The number of morpholine rings is 1. The van der Waals surface area contributed by atoms with Crippen molar-refractivity contribution in [1.29, 1.82) is 0 Å². The number of aryl methyl sites for hydroxylation is 3. The molecular weight excluding hydrogens is 398 g/mol. The fourth-order valence-electron chi connectivity index (χ4n) is 3.66. The highest BCUT2D eigenvalue weighted by atomic mass is 16.5. The molecule has 2 aromatic rings. The molecule has 1 saturated heterocycles. The van der Waals surface area contributed by atoms with Gasteiger partial charge in [-0.2, -0.15) is 0 Å². The van der Waals surface area contributed by atoms with Crippen LogP contribution < -0.4 is 0 Å². The van der Waals surface area contributed by atoms with Crippen molar-refractivity contribution >= 4 is 11.9 Å². The first kappa shape index (κ1) is 22.9. The number of rotatable bonds is 11. The lowest BCUT2D eigenvalue weighted by molar-refractivity contribution is -0.150. The molecule has 1 amide bonds. The van der Waals surface area contributed by atoms with Gasteiger partial charge in [-0.05, 0) is 31.7 Å². The molecule has 0 bridgehead atoms. The maximum absolute atomic E-state index is 12.7. The monoisotopic (exact) mass is 429 g/mol. The Kier molecular flexibility index (Phi) is 9.02. The predicted octanol–water partition coefficient (Wildman–Crippen LogP) is 2.75.